The van der Waals surface area contributed by atoms with E-state index in [1.807, 2.05) is 6.07 Å². The molecule has 0 amide bonds. The number of rotatable bonds is 5. The minimum absolute atomic E-state index is 0.0590. The number of allylic oxidation sites excluding steroid dienone is 1. The minimum atomic E-state index is -3.56. The summed E-state index contributed by atoms with van der Waals surface area (Å²) < 4.78 is 6.98. The normalized spacial score (nSPS) is 15.1. The Kier molecular flexibility index (Phi) is 6.37. The molecule has 4 heteroatoms. The van der Waals surface area contributed by atoms with Crippen molar-refractivity contribution in [1.29, 1.82) is 0 Å². The molecule has 1 nitrogen and oxygen atoms in total. The third-order valence-electron chi connectivity index (χ3n) is 7.01. The van der Waals surface area contributed by atoms with Crippen LogP contribution in [0.3, 0.4) is 0 Å². The molecule has 0 bridgehead atoms. The van der Waals surface area contributed by atoms with E-state index in [1.54, 1.807) is 0 Å². The molecule has 6 rings (SSSR count). The standard InChI is InChI=1S/C32H23.2ClH.H2N.Ti/c1-22-29(20-25-16-8-10-18-27(25)31(22)24-14-6-3-7-15-24)32-28-19-11-9-17-26(28)21-30(32)23-12-4-2-5-13-23;;;;/h2-21,32H,1H2;2*1H;1H2;/q;;;-1;+3/p-2. The van der Waals surface area contributed by atoms with Gasteiger partial charge in [0.05, 0.1) is 0 Å². The van der Waals surface area contributed by atoms with E-state index in [-0.39, 0.29) is 5.92 Å². The second-order valence-electron chi connectivity index (χ2n) is 9.37. The molecule has 1 unspecified atom stereocenters. The average molecular weight is 542 g/mol. The Morgan fingerprint density at radius 1 is 0.667 bits per heavy atom. The zero-order valence-electron chi connectivity index (χ0n) is 19.7. The zero-order valence-corrected chi connectivity index (χ0v) is 22.7. The molecular weight excluding hydrogens is 517 g/mol. The molecule has 176 valence electrons. The predicted octanol–water partition coefficient (Wildman–Crippen LogP) is 9.03. The van der Waals surface area contributed by atoms with Crippen molar-refractivity contribution >= 4 is 41.0 Å². The number of nitrogens with two attached hydrogens (primary N) is 1. The predicted molar refractivity (Wildman–Crippen MR) is 152 cm³/mol. The monoisotopic (exact) mass is 541 g/mol. The van der Waals surface area contributed by atoms with Crippen molar-refractivity contribution < 1.29 is 14.7 Å². The third kappa shape index (κ3) is 4.47. The molecule has 0 saturated carbocycles. The first-order valence-electron chi connectivity index (χ1n) is 12.1. The van der Waals surface area contributed by atoms with E-state index in [1.165, 1.54) is 44.2 Å². The van der Waals surface area contributed by atoms with Gasteiger partial charge in [0.1, 0.15) is 0 Å². The van der Waals surface area contributed by atoms with Crippen molar-refractivity contribution in [3.8, 4) is 11.1 Å². The fourth-order valence-corrected chi connectivity index (χ4v) is 8.00. The van der Waals surface area contributed by atoms with Gasteiger partial charge in [-0.25, -0.2) is 0 Å². The topological polar surface area (TPSA) is 26.0 Å². The van der Waals surface area contributed by atoms with E-state index in [4.69, 9.17) is 22.8 Å². The zero-order chi connectivity index (χ0) is 24.7. The second kappa shape index (κ2) is 9.67. The van der Waals surface area contributed by atoms with Crippen molar-refractivity contribution in [2.45, 2.75) is 10.6 Å². The maximum atomic E-state index is 6.73. The Labute approximate surface area is 223 Å². The first kappa shape index (κ1) is 23.7. The van der Waals surface area contributed by atoms with Gasteiger partial charge in [-0.15, -0.1) is 0 Å². The summed E-state index contributed by atoms with van der Waals surface area (Å²) in [4.78, 5) is 0. The second-order valence-corrected chi connectivity index (χ2v) is 18.7. The van der Waals surface area contributed by atoms with Crippen molar-refractivity contribution in [1.82, 2.24) is 0 Å². The van der Waals surface area contributed by atoms with Crippen LogP contribution in [0, 0.1) is 0 Å². The van der Waals surface area contributed by atoms with Crippen LogP contribution in [-0.2, 0) is 19.4 Å². The molecule has 0 aliphatic heterocycles. The summed E-state index contributed by atoms with van der Waals surface area (Å²) in [5.41, 5.74) is 9.78. The van der Waals surface area contributed by atoms with Gasteiger partial charge in [0.15, 0.2) is 0 Å². The van der Waals surface area contributed by atoms with E-state index in [9.17, 15) is 0 Å². The van der Waals surface area contributed by atoms with Crippen LogP contribution in [0.2, 0.25) is 0 Å². The molecule has 1 atom stereocenters. The van der Waals surface area contributed by atoms with Gasteiger partial charge in [0.25, 0.3) is 0 Å². The first-order chi connectivity index (χ1) is 17.5. The van der Waals surface area contributed by atoms with Gasteiger partial charge in [0, 0.05) is 0 Å². The van der Waals surface area contributed by atoms with Gasteiger partial charge >= 0.3 is 225 Å². The van der Waals surface area contributed by atoms with Crippen LogP contribution in [-0.4, -0.2) is 0 Å². The van der Waals surface area contributed by atoms with Gasteiger partial charge in [-0.2, -0.15) is 0 Å². The van der Waals surface area contributed by atoms with Crippen LogP contribution in [0.1, 0.15) is 33.7 Å². The Balaban J connectivity index is 1.71. The summed E-state index contributed by atoms with van der Waals surface area (Å²) in [6.45, 7) is 0. The number of fused-ring (bicyclic) bond motifs is 2. The molecule has 0 spiro atoms. The Bertz CT molecular complexity index is 1590. The van der Waals surface area contributed by atoms with E-state index >= 15 is 0 Å². The van der Waals surface area contributed by atoms with Crippen LogP contribution in [0.25, 0.3) is 33.5 Å². The molecule has 2 N–H and O–H groups in total. The summed E-state index contributed by atoms with van der Waals surface area (Å²) in [5.74, 6) is 0.0590. The molecule has 1 aliphatic rings. The average Bonchev–Trinajstić information content (AvgIpc) is 3.28. The summed E-state index contributed by atoms with van der Waals surface area (Å²) >= 11 is -3.56. The molecule has 0 fully saturated rings. The Morgan fingerprint density at radius 2 is 1.28 bits per heavy atom. The molecule has 0 radical (unpaired) electrons. The van der Waals surface area contributed by atoms with Crippen molar-refractivity contribution in [2.75, 3.05) is 0 Å². The van der Waals surface area contributed by atoms with E-state index in [0.29, 0.717) is 4.73 Å². The summed E-state index contributed by atoms with van der Waals surface area (Å²) in [5, 5.41) is 2.39. The Morgan fingerprint density at radius 3 is 2.00 bits per heavy atom. The van der Waals surface area contributed by atoms with Crippen LogP contribution in [0.4, 0.5) is 0 Å². The number of hydrogen-bond donors (Lipinski definition) is 1. The summed E-state index contributed by atoms with van der Waals surface area (Å²) in [7, 11) is 13.5. The number of halogens is 2. The van der Waals surface area contributed by atoms with Gasteiger partial charge in [-0.1, -0.05) is 0 Å². The SMILES string of the molecule is [NH2][Ti]([Cl])([Cl])[CH2]c1c(C2C(c3ccccc3)=Cc3ccccc32)cc2ccccc2c1-c1ccccc1. The summed E-state index contributed by atoms with van der Waals surface area (Å²) in [6, 6.07) is 40.8. The van der Waals surface area contributed by atoms with E-state index < -0.39 is 14.7 Å². The molecule has 0 aromatic heterocycles. The van der Waals surface area contributed by atoms with E-state index in [2.05, 4.69) is 115 Å². The molecular formula is C32H25Cl2NTi. The molecule has 36 heavy (non-hydrogen) atoms. The molecule has 0 heterocycles. The van der Waals surface area contributed by atoms with Gasteiger partial charge < -0.3 is 0 Å². The maximum absolute atomic E-state index is 6.73. The molecule has 5 aromatic rings. The molecule has 5 aromatic carbocycles. The van der Waals surface area contributed by atoms with Gasteiger partial charge in [0.2, 0.25) is 0 Å². The summed E-state index contributed by atoms with van der Waals surface area (Å²) in [6.07, 6.45) is 2.33. The van der Waals surface area contributed by atoms with Gasteiger partial charge in [-0.3, -0.25) is 0 Å². The molecule has 1 aliphatic carbocycles. The van der Waals surface area contributed by atoms with Crippen molar-refractivity contribution in [2.24, 2.45) is 4.22 Å². The quantitative estimate of drug-likeness (QED) is 0.221. The fourth-order valence-electron chi connectivity index (χ4n) is 5.57. The molecule has 0 saturated heterocycles. The van der Waals surface area contributed by atoms with Crippen molar-refractivity contribution in [3.63, 3.8) is 0 Å². The first-order valence-corrected chi connectivity index (χ1v) is 18.4. The van der Waals surface area contributed by atoms with Crippen LogP contribution >= 0.6 is 18.6 Å². The van der Waals surface area contributed by atoms with Crippen LogP contribution < -0.4 is 4.22 Å². The van der Waals surface area contributed by atoms with Crippen LogP contribution in [0.5, 0.6) is 0 Å². The third-order valence-corrected chi connectivity index (χ3v) is 9.40. The number of benzene rings is 5. The van der Waals surface area contributed by atoms with Crippen LogP contribution in [0.15, 0.2) is 115 Å². The Hall–Kier alpha value is -2.65. The van der Waals surface area contributed by atoms with Gasteiger partial charge in [-0.05, 0) is 0 Å². The number of hydrogen-bond acceptors (Lipinski definition) is 1. The fraction of sp³-hybridized carbons (Fsp3) is 0.0625. The van der Waals surface area contributed by atoms with E-state index in [0.717, 1.165) is 11.1 Å². The van der Waals surface area contributed by atoms with Crippen molar-refractivity contribution in [3.05, 3.63) is 143 Å².